The molecule has 51 heavy (non-hydrogen) atoms. The minimum atomic E-state index is -2.93. The van der Waals surface area contributed by atoms with Gasteiger partial charge in [0.25, 0.3) is 0 Å². The molecule has 4 aromatic rings. The molecule has 0 heterocycles. The summed E-state index contributed by atoms with van der Waals surface area (Å²) in [6, 6.07) is 33.4. The van der Waals surface area contributed by atoms with Crippen LogP contribution in [0, 0.1) is 11.3 Å². The van der Waals surface area contributed by atoms with Gasteiger partial charge in [0.15, 0.2) is 0 Å². The van der Waals surface area contributed by atoms with E-state index >= 15 is 0 Å². The molecule has 260 valence electrons. The van der Waals surface area contributed by atoms with Crippen molar-refractivity contribution in [3.8, 4) is 11.1 Å². The second-order valence-electron chi connectivity index (χ2n) is 17.3. The fraction of sp³-hybridized carbons (Fsp3) is 0.312. The van der Waals surface area contributed by atoms with Crippen molar-refractivity contribution in [3.63, 3.8) is 0 Å². The molecule has 1 unspecified atom stereocenters. The van der Waals surface area contributed by atoms with E-state index in [-0.39, 0.29) is 41.1 Å². The van der Waals surface area contributed by atoms with Gasteiger partial charge in [-0.05, 0) is 0 Å². The second kappa shape index (κ2) is 13.2. The molecule has 8 rings (SSSR count). The van der Waals surface area contributed by atoms with E-state index < -0.39 is 21.3 Å². The molecule has 0 saturated carbocycles. The summed E-state index contributed by atoms with van der Waals surface area (Å²) in [4.78, 5) is 0. The van der Waals surface area contributed by atoms with Crippen LogP contribution in [0.1, 0.15) is 117 Å². The minimum Gasteiger partial charge on any atom is -1.00 e. The quantitative estimate of drug-likeness (QED) is 0.221. The van der Waals surface area contributed by atoms with Crippen LogP contribution >= 0.6 is 0 Å². The van der Waals surface area contributed by atoms with Crippen LogP contribution in [0.2, 0.25) is 0 Å². The maximum absolute atomic E-state index is 2.93. The van der Waals surface area contributed by atoms with E-state index in [4.69, 9.17) is 0 Å². The Morgan fingerprint density at radius 3 is 1.45 bits per heavy atom. The van der Waals surface area contributed by atoms with Gasteiger partial charge >= 0.3 is 304 Å². The summed E-state index contributed by atoms with van der Waals surface area (Å²) in [5.41, 5.74) is 19.2. The molecule has 0 aliphatic heterocycles. The number of halogens is 2. The number of rotatable bonds is 4. The maximum atomic E-state index is 2.68. The van der Waals surface area contributed by atoms with Gasteiger partial charge in [-0.15, -0.1) is 0 Å². The number of fused-ring (bicyclic) bond motifs is 5. The van der Waals surface area contributed by atoms with Crippen molar-refractivity contribution in [1.29, 1.82) is 0 Å². The van der Waals surface area contributed by atoms with Crippen molar-refractivity contribution in [3.05, 3.63) is 163 Å². The van der Waals surface area contributed by atoms with Gasteiger partial charge < -0.3 is 24.8 Å². The summed E-state index contributed by atoms with van der Waals surface area (Å²) in [5, 5.41) is 0. The molecular weight excluding hydrogens is 739 g/mol. The number of benzene rings is 4. The van der Waals surface area contributed by atoms with Crippen LogP contribution in [-0.4, -0.2) is 3.21 Å². The van der Waals surface area contributed by atoms with Crippen LogP contribution in [0.3, 0.4) is 0 Å². The minimum absolute atomic E-state index is 0. The van der Waals surface area contributed by atoms with E-state index in [1.165, 1.54) is 61.2 Å². The van der Waals surface area contributed by atoms with Crippen molar-refractivity contribution < 1.29 is 46.1 Å². The zero-order valence-corrected chi connectivity index (χ0v) is 35.8. The first kappa shape index (κ1) is 37.9. The molecule has 0 aromatic heterocycles. The van der Waals surface area contributed by atoms with Crippen LogP contribution in [0.5, 0.6) is 0 Å². The molecule has 1 atom stereocenters. The maximum Gasteiger partial charge on any atom is -1.00 e. The first-order valence-corrected chi connectivity index (χ1v) is 22.1. The third kappa shape index (κ3) is 6.14. The molecule has 0 fully saturated rings. The molecule has 0 radical (unpaired) electrons. The average molecular weight is 789 g/mol. The predicted octanol–water partition coefficient (Wildman–Crippen LogP) is 6.55. The zero-order valence-electron chi connectivity index (χ0n) is 31.8. The van der Waals surface area contributed by atoms with Gasteiger partial charge in [-0.25, -0.2) is 0 Å². The van der Waals surface area contributed by atoms with Gasteiger partial charge in [0.05, 0.1) is 0 Å². The molecule has 4 aliphatic rings. The topological polar surface area (TPSA) is 0 Å². The fourth-order valence-electron chi connectivity index (χ4n) is 9.41. The van der Waals surface area contributed by atoms with Gasteiger partial charge in [-0.1, -0.05) is 0 Å². The van der Waals surface area contributed by atoms with Gasteiger partial charge in [0, 0.05) is 0 Å². The summed E-state index contributed by atoms with van der Waals surface area (Å²) in [7, 11) is 0. The van der Waals surface area contributed by atoms with Crippen molar-refractivity contribution in [2.75, 3.05) is 0 Å². The summed E-state index contributed by atoms with van der Waals surface area (Å²) in [6.45, 7) is 23.9. The van der Waals surface area contributed by atoms with Crippen molar-refractivity contribution in [1.82, 2.24) is 0 Å². The third-order valence-electron chi connectivity index (χ3n) is 11.8. The van der Waals surface area contributed by atoms with E-state index in [0.717, 1.165) is 0 Å². The third-order valence-corrected chi connectivity index (χ3v) is 20.5. The zero-order chi connectivity index (χ0) is 34.6. The Kier molecular flexibility index (Phi) is 9.84. The molecule has 0 spiro atoms. The van der Waals surface area contributed by atoms with Crippen LogP contribution in [0.25, 0.3) is 22.3 Å². The van der Waals surface area contributed by atoms with E-state index in [0.29, 0.717) is 9.54 Å². The smallest absolute Gasteiger partial charge is 1.00 e. The van der Waals surface area contributed by atoms with Gasteiger partial charge in [-0.3, -0.25) is 0 Å². The van der Waals surface area contributed by atoms with E-state index in [2.05, 4.69) is 178 Å². The Labute approximate surface area is 326 Å². The first-order valence-electron chi connectivity index (χ1n) is 18.2. The first-order chi connectivity index (χ1) is 23.2. The number of hydrogen-bond donors (Lipinski definition) is 0. The van der Waals surface area contributed by atoms with Crippen LogP contribution in [0.15, 0.2) is 118 Å². The molecular formula is C48H50Cl2Zr. The SMILES string of the molecule is CC1=CC(C)(C)c2cc3c(cc21)-c1cc2c(cc1[CH]3[Zr+2]([C]1=CC(C(C)(C)C)=CC1C)=[C](c1ccccc1)c1ccccc1)C(C)(C)C=C2C.[Cl-].[Cl-]. The Hall–Kier alpha value is -2.83. The van der Waals surface area contributed by atoms with Gasteiger partial charge in [-0.2, -0.15) is 0 Å². The molecule has 0 amide bonds. The standard InChI is InChI=1S/C25H25.C13H10.C10H15.2ClH.Zr/c1-14-12-24(3,4)22-8-16-7-17-9-23-19(15(2)13-25(23,5)6)11-21(17)20(16)10-18(14)22;1-3-7-12(8-4-1)11-13-9-5-2-6-10-13;1-8-5-6-9(7-8)10(2,3)4;;;/h7-13H,1-6H3;1-10H;6-8H,1-4H3;2*1H;/q;;;;;+2/p-2. The molecule has 4 aliphatic carbocycles. The summed E-state index contributed by atoms with van der Waals surface area (Å²) in [5.74, 6) is 0.420. The van der Waals surface area contributed by atoms with Crippen molar-refractivity contribution in [2.45, 2.75) is 83.7 Å². The Balaban J connectivity index is 0.00000224. The second-order valence-corrected chi connectivity index (χ2v) is 23.4. The molecule has 0 nitrogen and oxygen atoms in total. The number of allylic oxidation sites excluding steroid dienone is 8. The normalized spacial score (nSPS) is 18.8. The van der Waals surface area contributed by atoms with Crippen molar-refractivity contribution >= 4 is 14.4 Å². The molecule has 0 saturated heterocycles. The average Bonchev–Trinajstić information content (AvgIpc) is 3.72. The summed E-state index contributed by atoms with van der Waals surface area (Å²) in [6.07, 6.45) is 10.3. The summed E-state index contributed by atoms with van der Waals surface area (Å²) < 4.78 is 3.72. The van der Waals surface area contributed by atoms with Gasteiger partial charge in [0.1, 0.15) is 0 Å². The molecule has 0 N–H and O–H groups in total. The Bertz CT molecular complexity index is 2090. The van der Waals surface area contributed by atoms with Crippen LogP contribution in [0.4, 0.5) is 0 Å². The monoisotopic (exact) mass is 786 g/mol. The number of hydrogen-bond acceptors (Lipinski definition) is 0. The Morgan fingerprint density at radius 1 is 0.627 bits per heavy atom. The van der Waals surface area contributed by atoms with Gasteiger partial charge in [0.2, 0.25) is 0 Å². The predicted molar refractivity (Wildman–Crippen MR) is 208 cm³/mol. The largest absolute Gasteiger partial charge is 1.00 e. The van der Waals surface area contributed by atoms with Crippen LogP contribution in [-0.2, 0) is 32.1 Å². The van der Waals surface area contributed by atoms with Crippen LogP contribution < -0.4 is 24.8 Å². The molecule has 4 aromatic carbocycles. The summed E-state index contributed by atoms with van der Waals surface area (Å²) >= 11 is -2.93. The molecule has 3 heteroatoms. The van der Waals surface area contributed by atoms with E-state index in [1.807, 2.05) is 0 Å². The van der Waals surface area contributed by atoms with Crippen molar-refractivity contribution in [2.24, 2.45) is 11.3 Å². The Morgan fingerprint density at radius 2 is 1.06 bits per heavy atom. The molecule has 0 bridgehead atoms. The fourth-order valence-corrected chi connectivity index (χ4v) is 18.9. The van der Waals surface area contributed by atoms with E-state index in [9.17, 15) is 0 Å². The van der Waals surface area contributed by atoms with E-state index in [1.54, 1.807) is 17.6 Å².